The highest BCUT2D eigenvalue weighted by Crippen LogP contribution is 2.28. The summed E-state index contributed by atoms with van der Waals surface area (Å²) in [5.41, 5.74) is 6.02. The summed E-state index contributed by atoms with van der Waals surface area (Å²) in [5, 5.41) is 13.8. The molecule has 0 amide bonds. The molecule has 0 spiro atoms. The lowest BCUT2D eigenvalue weighted by atomic mass is 10.1. The van der Waals surface area contributed by atoms with Gasteiger partial charge >= 0.3 is 5.69 Å². The van der Waals surface area contributed by atoms with Crippen molar-refractivity contribution in [2.75, 3.05) is 20.1 Å². The van der Waals surface area contributed by atoms with Crippen molar-refractivity contribution in [2.24, 2.45) is 7.05 Å². The Morgan fingerprint density at radius 3 is 2.81 bits per heavy atom. The molecule has 0 bridgehead atoms. The first kappa shape index (κ1) is 20.1. The molecule has 32 heavy (non-hydrogen) atoms. The molecular formula is C23H24N8O. The minimum Gasteiger partial charge on any atom is -0.393 e. The average Bonchev–Trinajstić information content (AvgIpc) is 3.44. The number of nitrogens with one attached hydrogen (secondary N) is 3. The Hall–Kier alpha value is -3.85. The van der Waals surface area contributed by atoms with Gasteiger partial charge in [0.2, 0.25) is 0 Å². The number of imidazole rings is 1. The third-order valence-corrected chi connectivity index (χ3v) is 5.97. The van der Waals surface area contributed by atoms with Gasteiger partial charge in [-0.05, 0) is 37.2 Å². The van der Waals surface area contributed by atoms with E-state index in [9.17, 15) is 4.79 Å². The zero-order valence-electron chi connectivity index (χ0n) is 18.0. The van der Waals surface area contributed by atoms with E-state index in [0.717, 1.165) is 47.3 Å². The quantitative estimate of drug-likeness (QED) is 0.420. The first-order valence-electron chi connectivity index (χ1n) is 10.5. The lowest BCUT2D eigenvalue weighted by Crippen LogP contribution is -2.27. The van der Waals surface area contributed by atoms with E-state index in [2.05, 4.69) is 20.6 Å². The van der Waals surface area contributed by atoms with Crippen LogP contribution in [0, 0.1) is 5.41 Å². The minimum atomic E-state index is -0.0447. The number of hydrogen-bond donors (Lipinski definition) is 3. The highest BCUT2D eigenvalue weighted by atomic mass is 16.1. The van der Waals surface area contributed by atoms with E-state index < -0.39 is 0 Å². The van der Waals surface area contributed by atoms with Crippen molar-refractivity contribution >= 4 is 33.9 Å². The number of nitrogens with zero attached hydrogens (tertiary/aromatic N) is 5. The van der Waals surface area contributed by atoms with Gasteiger partial charge in [0.25, 0.3) is 0 Å². The normalized spacial score (nSPS) is 16.7. The fraction of sp³-hybridized carbons (Fsp3) is 0.261. The van der Waals surface area contributed by atoms with Crippen molar-refractivity contribution in [1.82, 2.24) is 34.7 Å². The maximum atomic E-state index is 13.1. The van der Waals surface area contributed by atoms with Crippen LogP contribution in [0.25, 0.3) is 38.9 Å². The highest BCUT2D eigenvalue weighted by Gasteiger charge is 2.24. The largest absolute Gasteiger partial charge is 0.393 e. The van der Waals surface area contributed by atoms with Crippen molar-refractivity contribution in [2.45, 2.75) is 12.5 Å². The molecule has 1 aliphatic rings. The van der Waals surface area contributed by atoms with Gasteiger partial charge in [-0.15, -0.1) is 0 Å². The van der Waals surface area contributed by atoms with Gasteiger partial charge in [0.1, 0.15) is 5.52 Å². The van der Waals surface area contributed by atoms with E-state index in [-0.39, 0.29) is 11.7 Å². The minimum absolute atomic E-state index is 0.0447. The van der Waals surface area contributed by atoms with Gasteiger partial charge in [0, 0.05) is 50.4 Å². The number of pyridine rings is 3. The average molecular weight is 429 g/mol. The molecule has 3 N–H and O–H groups in total. The van der Waals surface area contributed by atoms with Crippen LogP contribution in [0.15, 0.2) is 47.7 Å². The lowest BCUT2D eigenvalue weighted by Gasteiger charge is -2.12. The number of hydrogen-bond acceptors (Lipinski definition) is 7. The van der Waals surface area contributed by atoms with Crippen molar-refractivity contribution in [3.63, 3.8) is 0 Å². The number of aromatic nitrogens is 5. The number of allylic oxidation sites excluding steroid dienone is 1. The summed E-state index contributed by atoms with van der Waals surface area (Å²) in [4.78, 5) is 27.0. The van der Waals surface area contributed by atoms with Gasteiger partial charge in [0.15, 0.2) is 0 Å². The molecule has 0 aromatic carbocycles. The molecule has 162 valence electrons. The maximum absolute atomic E-state index is 13.1. The molecule has 0 unspecified atom stereocenters. The second-order valence-corrected chi connectivity index (χ2v) is 7.88. The Labute approximate surface area is 184 Å². The van der Waals surface area contributed by atoms with Crippen molar-refractivity contribution in [3.8, 4) is 11.3 Å². The molecule has 1 fully saturated rings. The molecule has 5 heterocycles. The van der Waals surface area contributed by atoms with Crippen molar-refractivity contribution in [1.29, 1.82) is 5.41 Å². The molecular weight excluding hydrogens is 404 g/mol. The molecule has 9 heteroatoms. The number of rotatable bonds is 5. The third-order valence-electron chi connectivity index (χ3n) is 5.97. The van der Waals surface area contributed by atoms with Crippen LogP contribution in [0.5, 0.6) is 0 Å². The van der Waals surface area contributed by atoms with Crippen molar-refractivity contribution < 1.29 is 0 Å². The van der Waals surface area contributed by atoms with E-state index in [4.69, 9.17) is 10.4 Å². The van der Waals surface area contributed by atoms with Crippen LogP contribution in [0.2, 0.25) is 0 Å². The topological polar surface area (TPSA) is 114 Å². The highest BCUT2D eigenvalue weighted by molar-refractivity contribution is 6.07. The predicted molar refractivity (Wildman–Crippen MR) is 126 cm³/mol. The first-order chi connectivity index (χ1) is 15.6. The molecule has 1 atom stereocenters. The van der Waals surface area contributed by atoms with Gasteiger partial charge in [-0.1, -0.05) is 0 Å². The van der Waals surface area contributed by atoms with Gasteiger partial charge in [-0.2, -0.15) is 0 Å². The monoisotopic (exact) mass is 428 g/mol. The summed E-state index contributed by atoms with van der Waals surface area (Å²) in [6.07, 6.45) is 7.41. The zero-order chi connectivity index (χ0) is 22.2. The summed E-state index contributed by atoms with van der Waals surface area (Å²) < 4.78 is 3.52. The van der Waals surface area contributed by atoms with Crippen LogP contribution >= 0.6 is 0 Å². The maximum Gasteiger partial charge on any atom is 0.329 e. The zero-order valence-corrected chi connectivity index (χ0v) is 18.0. The fourth-order valence-corrected chi connectivity index (χ4v) is 4.31. The van der Waals surface area contributed by atoms with Gasteiger partial charge < -0.3 is 16.0 Å². The summed E-state index contributed by atoms with van der Waals surface area (Å²) in [6.45, 7) is 1.66. The molecule has 4 aromatic rings. The van der Waals surface area contributed by atoms with E-state index in [1.165, 1.54) is 6.21 Å². The van der Waals surface area contributed by atoms with E-state index in [1.54, 1.807) is 37.3 Å². The summed E-state index contributed by atoms with van der Waals surface area (Å²) in [7, 11) is 3.57. The lowest BCUT2D eigenvalue weighted by molar-refractivity contribution is 0.536. The third kappa shape index (κ3) is 3.18. The Bertz CT molecular complexity index is 1410. The molecule has 0 aliphatic carbocycles. The Morgan fingerprint density at radius 1 is 1.25 bits per heavy atom. The predicted octanol–water partition coefficient (Wildman–Crippen LogP) is 2.09. The molecule has 9 nitrogen and oxygen atoms in total. The van der Waals surface area contributed by atoms with Gasteiger partial charge in [-0.3, -0.25) is 19.1 Å². The summed E-state index contributed by atoms with van der Waals surface area (Å²) in [5.74, 6) is 0. The van der Waals surface area contributed by atoms with Gasteiger partial charge in [-0.25, -0.2) is 9.78 Å². The number of aryl methyl sites for hydroxylation is 1. The van der Waals surface area contributed by atoms with Crippen LogP contribution in [0.3, 0.4) is 0 Å². The molecule has 1 aliphatic heterocycles. The van der Waals surface area contributed by atoms with E-state index in [1.807, 2.05) is 28.8 Å². The number of fused-ring (bicyclic) bond motifs is 3. The second kappa shape index (κ2) is 8.01. The van der Waals surface area contributed by atoms with Crippen molar-refractivity contribution in [3.05, 3.63) is 59.0 Å². The Morgan fingerprint density at radius 2 is 2.12 bits per heavy atom. The molecule has 0 radical (unpaired) electrons. The molecule has 4 aromatic heterocycles. The first-order valence-corrected chi connectivity index (χ1v) is 10.5. The molecule has 5 rings (SSSR count). The summed E-state index contributed by atoms with van der Waals surface area (Å²) >= 11 is 0. The van der Waals surface area contributed by atoms with Crippen LogP contribution in [0.1, 0.15) is 18.2 Å². The second-order valence-electron chi connectivity index (χ2n) is 7.88. The van der Waals surface area contributed by atoms with Crippen LogP contribution in [0.4, 0.5) is 0 Å². The van der Waals surface area contributed by atoms with Gasteiger partial charge in [0.05, 0.1) is 40.2 Å². The standard InChI is InChI=1S/C23H24N8O/c1-25-10-15(9-24)17-4-3-14(11-27-17)18-5-6-19-21(29-18)22-20(13-28-19)30(2)23(32)31(22)16-7-8-26-12-16/h3-6,9-11,13,16,24-26H,7-8,12H2,1-2H3/b15-10+,24-9?/t16-/m0/s1. The Kier molecular flexibility index (Phi) is 5.02. The smallest absolute Gasteiger partial charge is 0.329 e. The van der Waals surface area contributed by atoms with E-state index >= 15 is 0 Å². The van der Waals surface area contributed by atoms with Crippen LogP contribution < -0.4 is 16.3 Å². The van der Waals surface area contributed by atoms with E-state index in [0.29, 0.717) is 16.8 Å². The molecule has 1 saturated heterocycles. The fourth-order valence-electron chi connectivity index (χ4n) is 4.31. The summed E-state index contributed by atoms with van der Waals surface area (Å²) in [6, 6.07) is 7.76. The Balaban J connectivity index is 1.67. The van der Waals surface area contributed by atoms with Crippen LogP contribution in [-0.4, -0.2) is 50.4 Å². The SMILES string of the molecule is CN/C=C(\C=N)c1ccc(-c2ccc3ncc4c(c3n2)n([C@H]2CCNC2)c(=O)n4C)cn1. The van der Waals surface area contributed by atoms with Crippen LogP contribution in [-0.2, 0) is 7.05 Å². The molecule has 0 saturated carbocycles.